The van der Waals surface area contributed by atoms with Crippen molar-refractivity contribution in [2.75, 3.05) is 19.0 Å². The van der Waals surface area contributed by atoms with E-state index >= 15 is 0 Å². The molecule has 0 aliphatic heterocycles. The molecule has 1 N–H and O–H groups in total. The van der Waals surface area contributed by atoms with E-state index in [1.165, 1.54) is 35.2 Å². The Kier molecular flexibility index (Phi) is 8.14. The van der Waals surface area contributed by atoms with Crippen LogP contribution in [0.1, 0.15) is 5.56 Å². The van der Waals surface area contributed by atoms with E-state index in [0.29, 0.717) is 43.7 Å². The number of hydrogen-bond acceptors (Lipinski definition) is 7. The summed E-state index contributed by atoms with van der Waals surface area (Å²) in [5.74, 6) is 0.507. The van der Waals surface area contributed by atoms with Gasteiger partial charge < -0.3 is 19.2 Å². The second-order valence-corrected chi connectivity index (χ2v) is 10.7. The Morgan fingerprint density at radius 2 is 1.89 bits per heavy atom. The van der Waals surface area contributed by atoms with Crippen LogP contribution in [0.2, 0.25) is 5.02 Å². The number of amides is 1. The monoisotopic (exact) mass is 674 g/mol. The van der Waals surface area contributed by atoms with E-state index < -0.39 is 17.3 Å². The molecule has 44 heavy (non-hydrogen) atoms. The van der Waals surface area contributed by atoms with Crippen molar-refractivity contribution in [1.29, 1.82) is 0 Å². The maximum Gasteiger partial charge on any atom is 0.282 e. The molecule has 0 radical (unpaired) electrons. The van der Waals surface area contributed by atoms with Crippen molar-refractivity contribution >= 4 is 67.2 Å². The van der Waals surface area contributed by atoms with Gasteiger partial charge in [-0.2, -0.15) is 9.78 Å². The number of rotatable bonds is 8. The van der Waals surface area contributed by atoms with E-state index in [-0.39, 0.29) is 23.2 Å². The molecule has 0 aliphatic rings. The van der Waals surface area contributed by atoms with Gasteiger partial charge in [-0.05, 0) is 88.2 Å². The first-order chi connectivity index (χ1) is 21.3. The summed E-state index contributed by atoms with van der Waals surface area (Å²) >= 11 is 9.92. The van der Waals surface area contributed by atoms with Crippen LogP contribution in [-0.2, 0) is 4.79 Å². The van der Waals surface area contributed by atoms with Gasteiger partial charge in [0.2, 0.25) is 5.82 Å². The van der Waals surface area contributed by atoms with Crippen LogP contribution in [0.25, 0.3) is 33.5 Å². The summed E-state index contributed by atoms with van der Waals surface area (Å²) in [7, 11) is 1.57. The number of hydrogen-bond donors (Lipinski definition) is 1. The second kappa shape index (κ2) is 12.3. The largest absolute Gasteiger partial charge is 0.496 e. The fourth-order valence-corrected chi connectivity index (χ4v) is 5.49. The summed E-state index contributed by atoms with van der Waals surface area (Å²) in [5.41, 5.74) is 1.61. The maximum atomic E-state index is 13.6. The van der Waals surface area contributed by atoms with Gasteiger partial charge in [0.15, 0.2) is 18.1 Å². The van der Waals surface area contributed by atoms with Gasteiger partial charge in [0.25, 0.3) is 11.5 Å². The minimum atomic E-state index is -0.455. The highest BCUT2D eigenvalue weighted by molar-refractivity contribution is 9.10. The summed E-state index contributed by atoms with van der Waals surface area (Å²) in [6.45, 7) is -0.340. The van der Waals surface area contributed by atoms with E-state index in [9.17, 15) is 14.0 Å². The van der Waals surface area contributed by atoms with Crippen molar-refractivity contribution in [3.05, 3.63) is 116 Å². The molecule has 12 heteroatoms. The Balaban J connectivity index is 1.30. The molecule has 0 saturated carbocycles. The van der Waals surface area contributed by atoms with Crippen LogP contribution in [0.3, 0.4) is 0 Å². The van der Waals surface area contributed by atoms with Gasteiger partial charge in [0, 0.05) is 5.69 Å². The Hall–Kier alpha value is -5.00. The number of benzene rings is 4. The van der Waals surface area contributed by atoms with Crippen LogP contribution >= 0.6 is 27.5 Å². The maximum absolute atomic E-state index is 13.6. The summed E-state index contributed by atoms with van der Waals surface area (Å²) in [6.07, 6.45) is 1.45. The molecule has 6 aromatic rings. The van der Waals surface area contributed by atoms with Crippen LogP contribution in [-0.4, -0.2) is 35.5 Å². The molecule has 220 valence electrons. The molecule has 0 bridgehead atoms. The number of nitrogens with one attached hydrogen (secondary N) is 1. The quantitative estimate of drug-likeness (QED) is 0.170. The van der Waals surface area contributed by atoms with E-state index in [2.05, 4.69) is 26.3 Å². The fraction of sp³-hybridized carbons (Fsp3) is 0.0625. The highest BCUT2D eigenvalue weighted by atomic mass is 79.9. The van der Waals surface area contributed by atoms with Crippen molar-refractivity contribution in [2.24, 2.45) is 5.10 Å². The number of furan rings is 1. The number of halogens is 3. The summed E-state index contributed by atoms with van der Waals surface area (Å²) < 4.78 is 31.9. The SMILES string of the molecule is COc1cccc2oc(-c3nc4ccccc4c(=O)n3N=Cc3cc(Cl)c(OCC(=O)Nc4ccc(F)cc4)c(Br)c3)cc12. The summed E-state index contributed by atoms with van der Waals surface area (Å²) in [4.78, 5) is 30.6. The third kappa shape index (κ3) is 5.92. The molecule has 4 aromatic carbocycles. The molecule has 0 atom stereocenters. The van der Waals surface area contributed by atoms with Crippen LogP contribution in [0.5, 0.6) is 11.5 Å². The number of aromatic nitrogens is 2. The van der Waals surface area contributed by atoms with Gasteiger partial charge >= 0.3 is 0 Å². The van der Waals surface area contributed by atoms with E-state index in [4.69, 9.17) is 30.5 Å². The number of fused-ring (bicyclic) bond motifs is 2. The number of para-hydroxylation sites is 1. The van der Waals surface area contributed by atoms with Gasteiger partial charge in [-0.25, -0.2) is 9.37 Å². The standard InChI is InChI=1S/C32H21BrClFN4O5/c1-42-26-7-4-8-27-22(26)15-28(44-27)31-38-25-6-3-2-5-21(25)32(41)39(31)36-16-18-13-23(33)30(24(34)14-18)43-17-29(40)37-20-11-9-19(35)10-12-20/h2-16H,17H2,1H3,(H,37,40). The van der Waals surface area contributed by atoms with Crippen molar-refractivity contribution in [2.45, 2.75) is 0 Å². The highest BCUT2D eigenvalue weighted by Crippen LogP contribution is 2.35. The molecule has 0 saturated heterocycles. The molecule has 9 nitrogen and oxygen atoms in total. The van der Waals surface area contributed by atoms with Crippen LogP contribution in [0.15, 0.2) is 104 Å². The normalized spacial score (nSPS) is 11.4. The first-order valence-corrected chi connectivity index (χ1v) is 14.3. The fourth-order valence-electron chi connectivity index (χ4n) is 4.50. The summed E-state index contributed by atoms with van der Waals surface area (Å²) in [5, 5.41) is 8.38. The smallest absolute Gasteiger partial charge is 0.282 e. The Labute approximate surface area is 262 Å². The van der Waals surface area contributed by atoms with Crippen LogP contribution in [0.4, 0.5) is 10.1 Å². The van der Waals surface area contributed by atoms with Gasteiger partial charge in [0.05, 0.1) is 39.1 Å². The van der Waals surface area contributed by atoms with Gasteiger partial charge in [-0.3, -0.25) is 9.59 Å². The first kappa shape index (κ1) is 29.1. The van der Waals surface area contributed by atoms with Crippen molar-refractivity contribution in [1.82, 2.24) is 9.66 Å². The molecular formula is C32H21BrClFN4O5. The molecule has 0 aliphatic carbocycles. The summed E-state index contributed by atoms with van der Waals surface area (Å²) in [6, 6.07) is 22.7. The van der Waals surface area contributed by atoms with Crippen molar-refractivity contribution in [3.63, 3.8) is 0 Å². The first-order valence-electron chi connectivity index (χ1n) is 13.1. The van der Waals surface area contributed by atoms with E-state index in [1.807, 2.05) is 6.07 Å². The third-order valence-corrected chi connectivity index (χ3v) is 7.40. The van der Waals surface area contributed by atoms with Gasteiger partial charge in [0.1, 0.15) is 17.1 Å². The van der Waals surface area contributed by atoms with E-state index in [1.54, 1.807) is 61.7 Å². The molecule has 6 rings (SSSR count). The van der Waals surface area contributed by atoms with Crippen LogP contribution in [0, 0.1) is 5.82 Å². The lowest BCUT2D eigenvalue weighted by Crippen LogP contribution is -2.20. The zero-order valence-electron chi connectivity index (χ0n) is 22.9. The molecule has 2 aromatic heterocycles. The van der Waals surface area contributed by atoms with Crippen molar-refractivity contribution < 1.29 is 23.1 Å². The predicted molar refractivity (Wildman–Crippen MR) is 170 cm³/mol. The zero-order valence-corrected chi connectivity index (χ0v) is 25.2. The lowest BCUT2D eigenvalue weighted by molar-refractivity contribution is -0.118. The Bertz CT molecular complexity index is 2110. The predicted octanol–water partition coefficient (Wildman–Crippen LogP) is 7.27. The molecule has 2 heterocycles. The minimum absolute atomic E-state index is 0.195. The average Bonchev–Trinajstić information content (AvgIpc) is 3.46. The lowest BCUT2D eigenvalue weighted by Gasteiger charge is -2.11. The number of carbonyl (C=O) groups is 1. The molecule has 1 amide bonds. The second-order valence-electron chi connectivity index (χ2n) is 9.45. The van der Waals surface area contributed by atoms with Gasteiger partial charge in [-0.1, -0.05) is 29.8 Å². The number of anilines is 1. The number of ether oxygens (including phenoxy) is 2. The third-order valence-electron chi connectivity index (χ3n) is 6.53. The highest BCUT2D eigenvalue weighted by Gasteiger charge is 2.18. The Morgan fingerprint density at radius 3 is 2.66 bits per heavy atom. The van der Waals surface area contributed by atoms with Crippen LogP contribution < -0.4 is 20.3 Å². The minimum Gasteiger partial charge on any atom is -0.496 e. The molecule has 0 spiro atoms. The molecule has 0 fully saturated rings. The van der Waals surface area contributed by atoms with Gasteiger partial charge in [-0.15, -0.1) is 0 Å². The average molecular weight is 676 g/mol. The lowest BCUT2D eigenvalue weighted by atomic mass is 10.2. The Morgan fingerprint density at radius 1 is 1.09 bits per heavy atom. The number of nitrogens with zero attached hydrogens (tertiary/aromatic N) is 3. The topological polar surface area (TPSA) is 108 Å². The van der Waals surface area contributed by atoms with E-state index in [0.717, 1.165) is 5.39 Å². The molecular weight excluding hydrogens is 655 g/mol. The van der Waals surface area contributed by atoms with Crippen molar-refractivity contribution in [3.8, 4) is 23.1 Å². The molecule has 0 unspecified atom stereocenters. The zero-order chi connectivity index (χ0) is 30.8. The number of carbonyl (C=O) groups excluding carboxylic acids is 1. The number of methoxy groups -OCH3 is 1.